The van der Waals surface area contributed by atoms with Gasteiger partial charge in [0, 0.05) is 9.79 Å². The first kappa shape index (κ1) is 16.4. The Labute approximate surface area is 156 Å². The van der Waals surface area contributed by atoms with E-state index in [1.165, 1.54) is 0 Å². The summed E-state index contributed by atoms with van der Waals surface area (Å²) in [5, 5.41) is 4.16. The molecule has 4 rings (SSSR count). The smallest absolute Gasteiger partial charge is 0.252 e. The molecule has 0 atom stereocenters. The van der Waals surface area contributed by atoms with Gasteiger partial charge >= 0.3 is 0 Å². The van der Waals surface area contributed by atoms with Crippen LogP contribution in [-0.4, -0.2) is 18.7 Å². The Morgan fingerprint density at radius 2 is 1.46 bits per heavy atom. The number of nitrogens with one attached hydrogen (secondary N) is 1. The number of carbonyl (C=O) groups is 1. The lowest BCUT2D eigenvalue weighted by molar-refractivity contribution is -0.117. The quantitative estimate of drug-likeness (QED) is 0.553. The summed E-state index contributed by atoms with van der Waals surface area (Å²) in [7, 11) is 0. The second-order valence-corrected chi connectivity index (χ2v) is 6.85. The van der Waals surface area contributed by atoms with Crippen LogP contribution in [0.1, 0.15) is 5.56 Å². The Bertz CT molecular complexity index is 911. The van der Waals surface area contributed by atoms with Crippen molar-refractivity contribution in [2.75, 3.05) is 11.4 Å². The summed E-state index contributed by atoms with van der Waals surface area (Å²) in [5.41, 5.74) is 5.67. The molecule has 3 aromatic carbocycles. The van der Waals surface area contributed by atoms with Gasteiger partial charge in [0.2, 0.25) is 0 Å². The van der Waals surface area contributed by atoms with Gasteiger partial charge in [-0.3, -0.25) is 9.69 Å². The molecule has 1 N–H and O–H groups in total. The van der Waals surface area contributed by atoms with E-state index < -0.39 is 0 Å². The molecule has 5 heteroatoms. The van der Waals surface area contributed by atoms with Crippen molar-refractivity contribution in [3.8, 4) is 0 Å². The molecule has 0 aromatic heterocycles. The lowest BCUT2D eigenvalue weighted by Gasteiger charge is -2.30. The third kappa shape index (κ3) is 3.34. The van der Waals surface area contributed by atoms with Crippen molar-refractivity contribution in [1.29, 1.82) is 0 Å². The van der Waals surface area contributed by atoms with Crippen molar-refractivity contribution in [1.82, 2.24) is 5.43 Å². The molecule has 0 aliphatic carbocycles. The molecule has 0 fully saturated rings. The maximum Gasteiger partial charge on any atom is 0.252 e. The number of para-hydroxylation sites is 2. The molecule has 0 bridgehead atoms. The van der Waals surface area contributed by atoms with Gasteiger partial charge in [-0.05, 0) is 29.8 Å². The number of hydrazone groups is 1. The monoisotopic (exact) mass is 359 g/mol. The van der Waals surface area contributed by atoms with E-state index in [0.717, 1.165) is 26.7 Å². The van der Waals surface area contributed by atoms with E-state index in [0.29, 0.717) is 0 Å². The van der Waals surface area contributed by atoms with E-state index in [1.807, 2.05) is 78.9 Å². The average molecular weight is 359 g/mol. The Balaban J connectivity index is 1.53. The second kappa shape index (κ2) is 7.45. The molecule has 0 saturated heterocycles. The zero-order valence-electron chi connectivity index (χ0n) is 14.0. The van der Waals surface area contributed by atoms with Crippen molar-refractivity contribution in [2.24, 2.45) is 5.10 Å². The minimum Gasteiger partial charge on any atom is -0.301 e. The number of hydrogen-bond acceptors (Lipinski definition) is 4. The van der Waals surface area contributed by atoms with Gasteiger partial charge in [0.1, 0.15) is 6.54 Å². The minimum absolute atomic E-state index is 0.0459. The summed E-state index contributed by atoms with van der Waals surface area (Å²) < 4.78 is 0. The highest BCUT2D eigenvalue weighted by Gasteiger charge is 2.27. The van der Waals surface area contributed by atoms with Crippen molar-refractivity contribution in [3.63, 3.8) is 0 Å². The summed E-state index contributed by atoms with van der Waals surface area (Å²) in [6.07, 6.45) is 1.71. The first-order valence-corrected chi connectivity index (χ1v) is 9.14. The highest BCUT2D eigenvalue weighted by molar-refractivity contribution is 7.99. The van der Waals surface area contributed by atoms with Crippen LogP contribution in [0.2, 0.25) is 0 Å². The zero-order chi connectivity index (χ0) is 17.8. The van der Waals surface area contributed by atoms with E-state index in [-0.39, 0.29) is 12.5 Å². The molecule has 1 aliphatic rings. The molecule has 0 unspecified atom stereocenters. The second-order valence-electron chi connectivity index (χ2n) is 5.77. The van der Waals surface area contributed by atoms with E-state index in [4.69, 9.17) is 0 Å². The molecule has 1 amide bonds. The Hall–Kier alpha value is -3.05. The van der Waals surface area contributed by atoms with Gasteiger partial charge in [0.15, 0.2) is 0 Å². The fourth-order valence-electron chi connectivity index (χ4n) is 2.82. The number of benzene rings is 3. The Kier molecular flexibility index (Phi) is 4.71. The summed E-state index contributed by atoms with van der Waals surface area (Å²) >= 11 is 1.69. The van der Waals surface area contributed by atoms with E-state index in [1.54, 1.807) is 22.9 Å². The fraction of sp³-hybridized carbons (Fsp3) is 0.0476. The standard InChI is InChI=1S/C21H17N3OS/c25-21(15-23-22-14-16-8-2-1-3-9-16)24-17-10-4-6-12-19(17)26-20-13-7-5-11-18(20)24/h1-14,23H,15H2/b22-14+. The van der Waals surface area contributed by atoms with Crippen molar-refractivity contribution in [2.45, 2.75) is 9.79 Å². The molecule has 0 spiro atoms. The maximum atomic E-state index is 12.9. The number of nitrogens with zero attached hydrogens (tertiary/aromatic N) is 2. The van der Waals surface area contributed by atoms with Crippen molar-refractivity contribution in [3.05, 3.63) is 84.4 Å². The third-order valence-electron chi connectivity index (χ3n) is 4.02. The van der Waals surface area contributed by atoms with Crippen LogP contribution in [-0.2, 0) is 4.79 Å². The molecule has 0 radical (unpaired) electrons. The van der Waals surface area contributed by atoms with Crippen LogP contribution in [0.15, 0.2) is 93.8 Å². The first-order chi connectivity index (χ1) is 12.8. The van der Waals surface area contributed by atoms with Crippen LogP contribution < -0.4 is 10.3 Å². The zero-order valence-corrected chi connectivity index (χ0v) is 14.8. The summed E-state index contributed by atoms with van der Waals surface area (Å²) in [5.74, 6) is -0.0459. The highest BCUT2D eigenvalue weighted by atomic mass is 32.2. The molecule has 3 aromatic rings. The number of rotatable bonds is 4. The topological polar surface area (TPSA) is 44.7 Å². The predicted molar refractivity (Wildman–Crippen MR) is 106 cm³/mol. The van der Waals surface area contributed by atoms with E-state index in [2.05, 4.69) is 10.5 Å². The van der Waals surface area contributed by atoms with E-state index in [9.17, 15) is 4.79 Å². The predicted octanol–water partition coefficient (Wildman–Crippen LogP) is 4.44. The van der Waals surface area contributed by atoms with Gasteiger partial charge in [-0.15, -0.1) is 0 Å². The number of fused-ring (bicyclic) bond motifs is 2. The van der Waals surface area contributed by atoms with Gasteiger partial charge in [-0.2, -0.15) is 5.10 Å². The van der Waals surface area contributed by atoms with Crippen LogP contribution in [0.5, 0.6) is 0 Å². The van der Waals surface area contributed by atoms with Gasteiger partial charge in [0.25, 0.3) is 5.91 Å². The van der Waals surface area contributed by atoms with Gasteiger partial charge in [-0.1, -0.05) is 66.4 Å². The molecule has 26 heavy (non-hydrogen) atoms. The van der Waals surface area contributed by atoms with Gasteiger partial charge in [0.05, 0.1) is 17.6 Å². The van der Waals surface area contributed by atoms with Crippen LogP contribution >= 0.6 is 11.8 Å². The van der Waals surface area contributed by atoms with Crippen LogP contribution in [0, 0.1) is 0 Å². The molecular weight excluding hydrogens is 342 g/mol. The molecule has 1 aliphatic heterocycles. The van der Waals surface area contributed by atoms with Crippen LogP contribution in [0.3, 0.4) is 0 Å². The molecule has 0 saturated carbocycles. The van der Waals surface area contributed by atoms with Gasteiger partial charge in [-0.25, -0.2) is 0 Å². The molecule has 128 valence electrons. The minimum atomic E-state index is -0.0459. The number of hydrogen-bond donors (Lipinski definition) is 1. The molecule has 1 heterocycles. The van der Waals surface area contributed by atoms with Crippen LogP contribution in [0.4, 0.5) is 11.4 Å². The number of amides is 1. The van der Waals surface area contributed by atoms with Gasteiger partial charge < -0.3 is 5.43 Å². The molecule has 4 nitrogen and oxygen atoms in total. The summed E-state index contributed by atoms with van der Waals surface area (Å²) in [4.78, 5) is 16.8. The lowest BCUT2D eigenvalue weighted by Crippen LogP contribution is -2.35. The lowest BCUT2D eigenvalue weighted by atomic mass is 10.2. The SMILES string of the molecule is O=C(CN/N=C/c1ccccc1)N1c2ccccc2Sc2ccccc21. The number of carbonyl (C=O) groups excluding carboxylic acids is 1. The Morgan fingerprint density at radius 1 is 0.885 bits per heavy atom. The largest absolute Gasteiger partial charge is 0.301 e. The third-order valence-corrected chi connectivity index (χ3v) is 5.15. The van der Waals surface area contributed by atoms with Crippen LogP contribution in [0.25, 0.3) is 0 Å². The Morgan fingerprint density at radius 3 is 2.12 bits per heavy atom. The average Bonchev–Trinajstić information content (AvgIpc) is 2.70. The van der Waals surface area contributed by atoms with Crippen molar-refractivity contribution >= 4 is 35.3 Å². The normalized spacial score (nSPS) is 12.5. The summed E-state index contributed by atoms with van der Waals surface area (Å²) in [6, 6.07) is 25.7. The van der Waals surface area contributed by atoms with Crippen molar-refractivity contribution < 1.29 is 4.79 Å². The first-order valence-electron chi connectivity index (χ1n) is 8.33. The highest BCUT2D eigenvalue weighted by Crippen LogP contribution is 2.47. The molecular formula is C21H17N3OS. The van der Waals surface area contributed by atoms with E-state index >= 15 is 0 Å². The maximum absolute atomic E-state index is 12.9. The number of anilines is 2. The fourth-order valence-corrected chi connectivity index (χ4v) is 3.88. The summed E-state index contributed by atoms with van der Waals surface area (Å²) in [6.45, 7) is 0.122.